The molecule has 0 rings (SSSR count). The fraction of sp³-hybridized carbons (Fsp3) is 0.962. The van der Waals surface area contributed by atoms with E-state index in [0.717, 1.165) is 13.2 Å². The van der Waals surface area contributed by atoms with Crippen molar-refractivity contribution >= 4 is 16.5 Å². The second-order valence-corrected chi connectivity index (χ2v) is 28.9. The molecular weight excluding hydrogens is 1060 g/mol. The predicted octanol–water partition coefficient (Wildman–Crippen LogP) is 3.51. The van der Waals surface area contributed by atoms with Crippen molar-refractivity contribution in [3.63, 3.8) is 0 Å². The van der Waals surface area contributed by atoms with E-state index in [9.17, 15) is 0 Å². The molecule has 0 heterocycles. The van der Waals surface area contributed by atoms with Crippen LogP contribution in [-0.4, -0.2) is 318 Å². The van der Waals surface area contributed by atoms with Crippen LogP contribution >= 0.6 is 0 Å². The van der Waals surface area contributed by atoms with Gasteiger partial charge in [-0.2, -0.15) is 0 Å². The van der Waals surface area contributed by atoms with Gasteiger partial charge < -0.3 is 108 Å². The first kappa shape index (κ1) is 77.3. The van der Waals surface area contributed by atoms with E-state index in [2.05, 4.69) is 50.1 Å². The van der Waals surface area contributed by atoms with Crippen LogP contribution in [0.25, 0.3) is 0 Å². The molecule has 0 aromatic rings. The second-order valence-electron chi connectivity index (χ2n) is 18.7. The third-order valence-electron chi connectivity index (χ3n) is 10.1. The smallest absolute Gasteiger partial charge is 0.112 e. The molecule has 0 N–H and O–H groups in total. The first-order chi connectivity index (χ1) is 38.2. The quantitative estimate of drug-likeness (QED) is 0.0485. The van der Waals surface area contributed by atoms with Gasteiger partial charge in [0.2, 0.25) is 0 Å². The summed E-state index contributed by atoms with van der Waals surface area (Å²) in [4.78, 5) is 0. The van der Waals surface area contributed by atoms with Gasteiger partial charge in [0.25, 0.3) is 0 Å². The predicted molar refractivity (Wildman–Crippen MR) is 302 cm³/mol. The average Bonchev–Trinajstić information content (AvgIpc) is 3.42. The number of rotatable bonds is 70. The highest BCUT2D eigenvalue weighted by Crippen LogP contribution is 2.19. The minimum atomic E-state index is -1.33. The van der Waals surface area contributed by atoms with Crippen LogP contribution in [0.5, 0.6) is 0 Å². The lowest BCUT2D eigenvalue weighted by Gasteiger charge is -2.43. The molecule has 0 aliphatic heterocycles. The molecule has 0 saturated carbocycles. The van der Waals surface area contributed by atoms with Crippen molar-refractivity contribution in [2.75, 3.05) is 297 Å². The SMILES string of the molecule is C=CCOCCOCCOCCOCCOCCOCCOCCOCCOCCOCCOCCOCCOCCOCCOCCOCCOCCOCCOCCOCCOCCOCCN([Si](C)(C)C)[Si](C)(C)C. The van der Waals surface area contributed by atoms with E-state index in [-0.39, 0.29) is 0 Å². The summed E-state index contributed by atoms with van der Waals surface area (Å²) in [5.74, 6) is 0. The van der Waals surface area contributed by atoms with Crippen LogP contribution in [0.1, 0.15) is 0 Å². The molecule has 0 saturated heterocycles. The lowest BCUT2D eigenvalue weighted by Crippen LogP contribution is -2.59. The molecule has 468 valence electrons. The van der Waals surface area contributed by atoms with Gasteiger partial charge in [-0.3, -0.25) is 0 Å². The van der Waals surface area contributed by atoms with Crippen LogP contribution in [0.3, 0.4) is 0 Å². The summed E-state index contributed by atoms with van der Waals surface area (Å²) in [6.45, 7) is 41.7. The lowest BCUT2D eigenvalue weighted by molar-refractivity contribution is -0.0317. The van der Waals surface area contributed by atoms with Crippen LogP contribution in [0, 0.1) is 0 Å². The van der Waals surface area contributed by atoms with Crippen molar-refractivity contribution in [1.29, 1.82) is 0 Å². The monoisotopic (exact) mass is 1170 g/mol. The molecule has 0 aromatic heterocycles. The van der Waals surface area contributed by atoms with E-state index in [4.69, 9.17) is 104 Å². The molecule has 0 unspecified atom stereocenters. The number of nitrogens with zero attached hydrogens (tertiary/aromatic N) is 1. The maximum absolute atomic E-state index is 5.82. The maximum Gasteiger partial charge on any atom is 0.112 e. The van der Waals surface area contributed by atoms with Crippen molar-refractivity contribution in [2.45, 2.75) is 39.3 Å². The molecule has 23 nitrogen and oxygen atoms in total. The van der Waals surface area contributed by atoms with Gasteiger partial charge in [0.15, 0.2) is 0 Å². The lowest BCUT2D eigenvalue weighted by atomic mass is 10.6. The minimum absolute atomic E-state index is 0.490. The Hall–Kier alpha value is -0.746. The molecule has 78 heavy (non-hydrogen) atoms. The molecule has 0 spiro atoms. The first-order valence-electron chi connectivity index (χ1n) is 28.3. The molecule has 0 aliphatic carbocycles. The maximum atomic E-state index is 5.82. The number of hydrogen-bond acceptors (Lipinski definition) is 23. The summed E-state index contributed by atoms with van der Waals surface area (Å²) >= 11 is 0. The Balaban J connectivity index is 3.13. The molecule has 0 amide bonds. The Bertz CT molecular complexity index is 1140. The van der Waals surface area contributed by atoms with Crippen molar-refractivity contribution in [2.24, 2.45) is 0 Å². The summed E-state index contributed by atoms with van der Waals surface area (Å²) in [5.41, 5.74) is 0. The molecule has 0 radical (unpaired) electrons. The molecule has 0 aliphatic rings. The van der Waals surface area contributed by atoms with Crippen LogP contribution < -0.4 is 0 Å². The largest absolute Gasteiger partial charge is 0.378 e. The van der Waals surface area contributed by atoms with E-state index >= 15 is 0 Å². The molecule has 0 atom stereocenters. The molecular formula is C53H111NO22Si2. The van der Waals surface area contributed by atoms with Gasteiger partial charge in [-0.15, -0.1) is 6.58 Å². The van der Waals surface area contributed by atoms with Crippen molar-refractivity contribution in [3.05, 3.63) is 12.7 Å². The minimum Gasteiger partial charge on any atom is -0.378 e. The molecule has 0 aromatic carbocycles. The number of ether oxygens (including phenoxy) is 22. The van der Waals surface area contributed by atoms with E-state index in [0.29, 0.717) is 284 Å². The van der Waals surface area contributed by atoms with Gasteiger partial charge in [-0.05, 0) is 0 Å². The van der Waals surface area contributed by atoms with Gasteiger partial charge in [-0.25, -0.2) is 0 Å². The summed E-state index contributed by atoms with van der Waals surface area (Å²) in [6, 6.07) is 0. The molecule has 25 heteroatoms. The van der Waals surface area contributed by atoms with Crippen molar-refractivity contribution < 1.29 is 104 Å². The van der Waals surface area contributed by atoms with Crippen LogP contribution in [-0.2, 0) is 104 Å². The Morgan fingerprint density at radius 3 is 0.436 bits per heavy atom. The van der Waals surface area contributed by atoms with Crippen molar-refractivity contribution in [1.82, 2.24) is 4.23 Å². The topological polar surface area (TPSA) is 206 Å². The zero-order valence-corrected chi connectivity index (χ0v) is 51.5. The standard InChI is InChI=1S/C53H111NO22Si2/c1-8-10-55-12-14-57-16-18-59-20-22-61-24-26-63-28-30-65-32-34-67-36-38-69-40-42-71-44-46-73-48-50-75-52-53-76-51-49-74-47-45-72-43-41-70-39-37-68-35-33-66-31-29-64-27-25-62-23-21-60-19-17-58-15-13-56-11-9-54(77(2,3)4)78(5,6)7/h8H,1,9-53H2,2-7H3. The van der Waals surface area contributed by atoms with Crippen LogP contribution in [0.15, 0.2) is 12.7 Å². The zero-order valence-electron chi connectivity index (χ0n) is 49.5. The van der Waals surface area contributed by atoms with E-state index in [1.807, 2.05) is 0 Å². The van der Waals surface area contributed by atoms with Crippen LogP contribution in [0.4, 0.5) is 0 Å². The van der Waals surface area contributed by atoms with E-state index < -0.39 is 16.5 Å². The first-order valence-corrected chi connectivity index (χ1v) is 35.2. The van der Waals surface area contributed by atoms with Gasteiger partial charge in [0, 0.05) is 6.54 Å². The van der Waals surface area contributed by atoms with E-state index in [1.165, 1.54) is 0 Å². The van der Waals surface area contributed by atoms with Gasteiger partial charge in [-0.1, -0.05) is 45.4 Å². The Morgan fingerprint density at radius 1 is 0.205 bits per heavy atom. The summed E-state index contributed by atoms with van der Waals surface area (Å²) in [7, 11) is -2.67. The fourth-order valence-corrected chi connectivity index (χ4v) is 16.2. The van der Waals surface area contributed by atoms with Gasteiger partial charge >= 0.3 is 0 Å². The van der Waals surface area contributed by atoms with Crippen LogP contribution in [0.2, 0.25) is 39.3 Å². The zero-order chi connectivity index (χ0) is 56.7. The summed E-state index contributed by atoms with van der Waals surface area (Å²) in [5, 5.41) is 0. The van der Waals surface area contributed by atoms with E-state index in [1.54, 1.807) is 6.08 Å². The van der Waals surface area contributed by atoms with Crippen molar-refractivity contribution in [3.8, 4) is 0 Å². The van der Waals surface area contributed by atoms with Gasteiger partial charge in [0.05, 0.1) is 291 Å². The highest BCUT2D eigenvalue weighted by atomic mass is 28.4. The Labute approximate surface area is 472 Å². The van der Waals surface area contributed by atoms with Gasteiger partial charge in [0.1, 0.15) is 16.5 Å². The second kappa shape index (κ2) is 63.8. The highest BCUT2D eigenvalue weighted by Gasteiger charge is 2.33. The number of hydrogen-bond donors (Lipinski definition) is 0. The molecule has 0 bridgehead atoms. The third-order valence-corrected chi connectivity index (χ3v) is 17.8. The summed E-state index contributed by atoms with van der Waals surface area (Å²) < 4.78 is 124. The molecule has 0 fully saturated rings. The normalized spacial score (nSPS) is 12.2. The third kappa shape index (κ3) is 64.4. The Kier molecular flexibility index (Phi) is 63.2. The fourth-order valence-electron chi connectivity index (χ4n) is 6.62. The summed E-state index contributed by atoms with van der Waals surface area (Å²) in [6.07, 6.45) is 1.71. The highest BCUT2D eigenvalue weighted by molar-refractivity contribution is 6.89. The average molecular weight is 1170 g/mol. The Morgan fingerprint density at radius 2 is 0.321 bits per heavy atom.